The molecule has 0 radical (unpaired) electrons. The molecule has 18 heavy (non-hydrogen) atoms. The molecule has 0 unspecified atom stereocenters. The van der Waals surface area contributed by atoms with E-state index in [-0.39, 0.29) is 6.09 Å². The molecule has 0 aliphatic rings. The molecule has 1 N–H and O–H groups in total. The fourth-order valence-corrected chi connectivity index (χ4v) is 2.00. The van der Waals surface area contributed by atoms with Crippen LogP contribution in [0.1, 0.15) is 23.6 Å². The highest BCUT2D eigenvalue weighted by molar-refractivity contribution is 5.67. The van der Waals surface area contributed by atoms with Gasteiger partial charge in [-0.3, -0.25) is 0 Å². The van der Waals surface area contributed by atoms with E-state index in [1.165, 1.54) is 5.56 Å². The van der Waals surface area contributed by atoms with Gasteiger partial charge in [-0.25, -0.2) is 4.79 Å². The van der Waals surface area contributed by atoms with Gasteiger partial charge in [0, 0.05) is 6.54 Å². The molecule has 0 saturated heterocycles. The Balaban J connectivity index is 2.64. The summed E-state index contributed by atoms with van der Waals surface area (Å²) < 4.78 is 10.2. The van der Waals surface area contributed by atoms with Crippen molar-refractivity contribution in [1.29, 1.82) is 0 Å². The zero-order valence-corrected chi connectivity index (χ0v) is 11.5. The second-order valence-corrected chi connectivity index (χ2v) is 4.17. The van der Waals surface area contributed by atoms with Crippen LogP contribution in [0, 0.1) is 13.8 Å². The van der Waals surface area contributed by atoms with Gasteiger partial charge in [0.2, 0.25) is 0 Å². The minimum Gasteiger partial charge on any atom is -0.496 e. The fourth-order valence-electron chi connectivity index (χ4n) is 2.00. The average Bonchev–Trinajstić information content (AvgIpc) is 2.28. The largest absolute Gasteiger partial charge is 0.496 e. The summed E-state index contributed by atoms with van der Waals surface area (Å²) >= 11 is 0. The number of hydrogen-bond acceptors (Lipinski definition) is 3. The van der Waals surface area contributed by atoms with E-state index in [1.807, 2.05) is 6.92 Å². The van der Waals surface area contributed by atoms with Crippen LogP contribution in [0.5, 0.6) is 5.75 Å². The monoisotopic (exact) mass is 251 g/mol. The van der Waals surface area contributed by atoms with E-state index in [1.54, 1.807) is 14.0 Å². The Morgan fingerprint density at radius 1 is 1.33 bits per heavy atom. The molecule has 0 fully saturated rings. The fraction of sp³-hybridized carbons (Fsp3) is 0.500. The third-order valence-corrected chi connectivity index (χ3v) is 2.64. The Morgan fingerprint density at radius 3 is 2.67 bits per heavy atom. The first-order valence-corrected chi connectivity index (χ1v) is 6.13. The van der Waals surface area contributed by atoms with Gasteiger partial charge in [-0.05, 0) is 38.3 Å². The first-order valence-electron chi connectivity index (χ1n) is 6.13. The molecular weight excluding hydrogens is 230 g/mol. The predicted molar refractivity (Wildman–Crippen MR) is 71.2 cm³/mol. The number of methoxy groups -OCH3 is 1. The number of alkyl carbamates (subject to hydrolysis) is 1. The number of benzene rings is 1. The van der Waals surface area contributed by atoms with Crippen LogP contribution in [0.4, 0.5) is 4.79 Å². The van der Waals surface area contributed by atoms with Crippen molar-refractivity contribution >= 4 is 6.09 Å². The van der Waals surface area contributed by atoms with Crippen molar-refractivity contribution in [2.45, 2.75) is 27.2 Å². The molecule has 0 bridgehead atoms. The lowest BCUT2D eigenvalue weighted by atomic mass is 10.0. The van der Waals surface area contributed by atoms with E-state index in [2.05, 4.69) is 24.4 Å². The highest BCUT2D eigenvalue weighted by atomic mass is 16.5. The molecule has 0 heterocycles. The lowest BCUT2D eigenvalue weighted by molar-refractivity contribution is 0.152. The van der Waals surface area contributed by atoms with E-state index < -0.39 is 0 Å². The summed E-state index contributed by atoms with van der Waals surface area (Å²) in [5, 5.41) is 2.71. The van der Waals surface area contributed by atoms with Gasteiger partial charge in [-0.15, -0.1) is 0 Å². The average molecular weight is 251 g/mol. The number of carbonyl (C=O) groups excluding carboxylic acids is 1. The smallest absolute Gasteiger partial charge is 0.407 e. The third kappa shape index (κ3) is 3.95. The van der Waals surface area contributed by atoms with E-state index in [4.69, 9.17) is 9.47 Å². The van der Waals surface area contributed by atoms with Crippen LogP contribution in [0.25, 0.3) is 0 Å². The molecule has 0 aliphatic carbocycles. The van der Waals surface area contributed by atoms with Crippen molar-refractivity contribution < 1.29 is 14.3 Å². The summed E-state index contributed by atoms with van der Waals surface area (Å²) in [4.78, 5) is 11.2. The van der Waals surface area contributed by atoms with Gasteiger partial charge in [-0.1, -0.05) is 17.7 Å². The Kier molecular flexibility index (Phi) is 5.49. The summed E-state index contributed by atoms with van der Waals surface area (Å²) in [6.45, 7) is 6.78. The van der Waals surface area contributed by atoms with E-state index in [0.717, 1.165) is 23.3 Å². The number of ether oxygens (including phenoxy) is 2. The molecule has 0 spiro atoms. The molecule has 100 valence electrons. The van der Waals surface area contributed by atoms with Gasteiger partial charge in [0.05, 0.1) is 13.7 Å². The molecule has 1 aromatic carbocycles. The zero-order valence-electron chi connectivity index (χ0n) is 11.5. The summed E-state index contributed by atoms with van der Waals surface area (Å²) in [5.41, 5.74) is 3.41. The van der Waals surface area contributed by atoms with Gasteiger partial charge < -0.3 is 14.8 Å². The minimum atomic E-state index is -0.374. The van der Waals surface area contributed by atoms with Crippen LogP contribution in [0.2, 0.25) is 0 Å². The number of carbonyl (C=O) groups is 1. The van der Waals surface area contributed by atoms with Crippen molar-refractivity contribution in [2.75, 3.05) is 20.3 Å². The van der Waals surface area contributed by atoms with E-state index >= 15 is 0 Å². The molecule has 0 saturated carbocycles. The Bertz CT molecular complexity index is 416. The van der Waals surface area contributed by atoms with Gasteiger partial charge in [0.1, 0.15) is 5.75 Å². The summed E-state index contributed by atoms with van der Waals surface area (Å²) in [6, 6.07) is 4.17. The number of nitrogens with one attached hydrogen (secondary N) is 1. The summed E-state index contributed by atoms with van der Waals surface area (Å²) in [6.07, 6.45) is 0.352. The topological polar surface area (TPSA) is 47.6 Å². The number of amides is 1. The Labute approximate surface area is 108 Å². The standard InChI is InChI=1S/C14H21NO3/c1-5-18-14(16)15-7-6-12-9-10(2)8-11(3)13(12)17-4/h8-9H,5-7H2,1-4H3,(H,15,16). The van der Waals surface area contributed by atoms with Crippen LogP contribution >= 0.6 is 0 Å². The molecule has 4 nitrogen and oxygen atoms in total. The maximum Gasteiger partial charge on any atom is 0.407 e. The number of hydrogen-bond donors (Lipinski definition) is 1. The van der Waals surface area contributed by atoms with Gasteiger partial charge in [0.15, 0.2) is 0 Å². The van der Waals surface area contributed by atoms with Crippen molar-refractivity contribution in [2.24, 2.45) is 0 Å². The molecule has 1 aromatic rings. The molecule has 0 aromatic heterocycles. The first-order chi connectivity index (χ1) is 8.58. The van der Waals surface area contributed by atoms with Crippen LogP contribution in [-0.4, -0.2) is 26.4 Å². The lowest BCUT2D eigenvalue weighted by Gasteiger charge is -2.13. The molecular formula is C14H21NO3. The summed E-state index contributed by atoms with van der Waals surface area (Å²) in [5.74, 6) is 0.895. The van der Waals surface area contributed by atoms with Gasteiger partial charge in [0.25, 0.3) is 0 Å². The molecule has 0 aliphatic heterocycles. The van der Waals surface area contributed by atoms with Crippen LogP contribution in [0.15, 0.2) is 12.1 Å². The van der Waals surface area contributed by atoms with E-state index in [9.17, 15) is 4.79 Å². The highest BCUT2D eigenvalue weighted by Gasteiger charge is 2.08. The van der Waals surface area contributed by atoms with Gasteiger partial charge in [-0.2, -0.15) is 0 Å². The minimum absolute atomic E-state index is 0.374. The van der Waals surface area contributed by atoms with Crippen molar-refractivity contribution in [3.8, 4) is 5.75 Å². The van der Waals surface area contributed by atoms with Gasteiger partial charge >= 0.3 is 6.09 Å². The summed E-state index contributed by atoms with van der Waals surface area (Å²) in [7, 11) is 1.67. The third-order valence-electron chi connectivity index (χ3n) is 2.64. The first kappa shape index (κ1) is 14.4. The maximum absolute atomic E-state index is 11.2. The maximum atomic E-state index is 11.2. The predicted octanol–water partition coefficient (Wildman–Crippen LogP) is 2.60. The number of aryl methyl sites for hydroxylation is 2. The molecule has 0 atom stereocenters. The molecule has 4 heteroatoms. The SMILES string of the molecule is CCOC(=O)NCCc1cc(C)cc(C)c1OC. The van der Waals surface area contributed by atoms with E-state index in [0.29, 0.717) is 13.2 Å². The lowest BCUT2D eigenvalue weighted by Crippen LogP contribution is -2.26. The van der Waals surface area contributed by atoms with Crippen molar-refractivity contribution in [3.63, 3.8) is 0 Å². The quantitative estimate of drug-likeness (QED) is 0.875. The second kappa shape index (κ2) is 6.89. The van der Waals surface area contributed by atoms with Crippen LogP contribution < -0.4 is 10.1 Å². The van der Waals surface area contributed by atoms with Crippen LogP contribution in [0.3, 0.4) is 0 Å². The Morgan fingerprint density at radius 2 is 2.06 bits per heavy atom. The Hall–Kier alpha value is -1.71. The normalized spacial score (nSPS) is 10.0. The van der Waals surface area contributed by atoms with Crippen molar-refractivity contribution in [1.82, 2.24) is 5.32 Å². The van der Waals surface area contributed by atoms with Crippen molar-refractivity contribution in [3.05, 3.63) is 28.8 Å². The highest BCUT2D eigenvalue weighted by Crippen LogP contribution is 2.25. The number of rotatable bonds is 5. The zero-order chi connectivity index (χ0) is 13.5. The molecule has 1 rings (SSSR count). The second-order valence-electron chi connectivity index (χ2n) is 4.17. The van der Waals surface area contributed by atoms with Crippen LogP contribution in [-0.2, 0) is 11.2 Å². The molecule has 1 amide bonds.